The van der Waals surface area contributed by atoms with Gasteiger partial charge in [-0.1, -0.05) is 42.5 Å². The smallest absolute Gasteiger partial charge is 0.241 e. The molecule has 1 amide bonds. The summed E-state index contributed by atoms with van der Waals surface area (Å²) in [5.74, 6) is 0.227. The van der Waals surface area contributed by atoms with Crippen LogP contribution >= 0.6 is 0 Å². The predicted molar refractivity (Wildman–Crippen MR) is 109 cm³/mol. The van der Waals surface area contributed by atoms with Gasteiger partial charge in [0.25, 0.3) is 0 Å². The highest BCUT2D eigenvalue weighted by Crippen LogP contribution is 2.16. The fraction of sp³-hybridized carbons (Fsp3) is 0.333. The lowest BCUT2D eigenvalue weighted by atomic mass is 10.2. The number of benzene rings is 2. The molecule has 6 nitrogen and oxygen atoms in total. The lowest BCUT2D eigenvalue weighted by molar-refractivity contribution is -0.127. The second-order valence-electron chi connectivity index (χ2n) is 6.53. The van der Waals surface area contributed by atoms with Crippen LogP contribution in [0, 0.1) is 5.82 Å². The second-order valence-corrected chi connectivity index (χ2v) is 6.53. The molecule has 1 unspecified atom stereocenters. The van der Waals surface area contributed by atoms with Crippen LogP contribution in [0.15, 0.2) is 59.6 Å². The van der Waals surface area contributed by atoms with Crippen molar-refractivity contribution in [1.29, 1.82) is 0 Å². The van der Waals surface area contributed by atoms with Gasteiger partial charge in [0.05, 0.1) is 19.6 Å². The van der Waals surface area contributed by atoms with Crippen LogP contribution in [0.5, 0.6) is 5.75 Å². The minimum atomic E-state index is -0.401. The molecule has 1 atom stereocenters. The highest BCUT2D eigenvalue weighted by molar-refractivity contribution is 5.86. The quantitative estimate of drug-likeness (QED) is 0.540. The molecule has 0 spiro atoms. The summed E-state index contributed by atoms with van der Waals surface area (Å²) in [7, 11) is 3.39. The van der Waals surface area contributed by atoms with E-state index in [-0.39, 0.29) is 24.3 Å². The average Bonchev–Trinajstić information content (AvgIpc) is 2.69. The first-order valence-electron chi connectivity index (χ1n) is 9.13. The number of carbonyl (C=O) groups excluding carboxylic acids is 1. The monoisotopic (exact) mass is 386 g/mol. The first-order chi connectivity index (χ1) is 13.5. The van der Waals surface area contributed by atoms with Gasteiger partial charge in [0.2, 0.25) is 5.91 Å². The summed E-state index contributed by atoms with van der Waals surface area (Å²) in [5, 5.41) is 6.16. The number of nitrogens with zero attached hydrogens (tertiary/aromatic N) is 2. The molecule has 0 aliphatic heterocycles. The van der Waals surface area contributed by atoms with Crippen molar-refractivity contribution in [3.63, 3.8) is 0 Å². The van der Waals surface area contributed by atoms with Crippen molar-refractivity contribution in [2.45, 2.75) is 19.6 Å². The Bertz CT molecular complexity index is 781. The van der Waals surface area contributed by atoms with Crippen molar-refractivity contribution >= 4 is 11.9 Å². The third kappa shape index (κ3) is 7.26. The van der Waals surface area contributed by atoms with Crippen molar-refractivity contribution in [2.75, 3.05) is 27.2 Å². The molecule has 0 aliphatic rings. The van der Waals surface area contributed by atoms with Crippen molar-refractivity contribution in [3.05, 3.63) is 66.0 Å². The van der Waals surface area contributed by atoms with E-state index < -0.39 is 5.82 Å². The predicted octanol–water partition coefficient (Wildman–Crippen LogP) is 2.42. The summed E-state index contributed by atoms with van der Waals surface area (Å²) < 4.78 is 19.3. The number of halogens is 1. The summed E-state index contributed by atoms with van der Waals surface area (Å²) in [6.45, 7) is 2.81. The molecule has 0 radical (unpaired) electrons. The third-order valence-corrected chi connectivity index (χ3v) is 3.89. The van der Waals surface area contributed by atoms with Gasteiger partial charge in [-0.15, -0.1) is 0 Å². The molecule has 0 fully saturated rings. The minimum Gasteiger partial charge on any atom is -0.486 e. The number of hydrogen-bond acceptors (Lipinski definition) is 3. The number of amides is 1. The maximum absolute atomic E-state index is 13.7. The van der Waals surface area contributed by atoms with Crippen molar-refractivity contribution < 1.29 is 13.9 Å². The van der Waals surface area contributed by atoms with E-state index in [1.807, 2.05) is 37.3 Å². The van der Waals surface area contributed by atoms with Gasteiger partial charge < -0.3 is 20.3 Å². The fourth-order valence-corrected chi connectivity index (χ4v) is 2.28. The summed E-state index contributed by atoms with van der Waals surface area (Å²) in [6, 6.07) is 16.1. The van der Waals surface area contributed by atoms with E-state index in [9.17, 15) is 9.18 Å². The topological polar surface area (TPSA) is 66.0 Å². The van der Waals surface area contributed by atoms with Gasteiger partial charge in [0.15, 0.2) is 17.5 Å². The number of carbonyl (C=O) groups is 1. The largest absolute Gasteiger partial charge is 0.486 e. The van der Waals surface area contributed by atoms with Gasteiger partial charge in [-0.3, -0.25) is 4.79 Å². The molecule has 2 rings (SSSR count). The minimum absolute atomic E-state index is 0.0649. The number of nitrogens with one attached hydrogen (secondary N) is 2. The maximum atomic E-state index is 13.7. The number of rotatable bonds is 8. The molecule has 7 heteroatoms. The van der Waals surface area contributed by atoms with Crippen molar-refractivity contribution in [1.82, 2.24) is 15.5 Å². The zero-order valence-electron chi connectivity index (χ0n) is 16.5. The average molecular weight is 386 g/mol. The van der Waals surface area contributed by atoms with Crippen molar-refractivity contribution in [2.24, 2.45) is 4.99 Å². The van der Waals surface area contributed by atoms with Crippen molar-refractivity contribution in [3.8, 4) is 5.75 Å². The summed E-state index contributed by atoms with van der Waals surface area (Å²) in [5.41, 5.74) is 1.05. The molecule has 0 heterocycles. The van der Waals surface area contributed by atoms with Gasteiger partial charge in [-0.05, 0) is 24.6 Å². The van der Waals surface area contributed by atoms with Crippen LogP contribution in [0.1, 0.15) is 12.5 Å². The molecular formula is C21H27FN4O2. The maximum Gasteiger partial charge on any atom is 0.241 e. The molecule has 0 bridgehead atoms. The number of likely N-dealkylation sites (N-methyl/N-ethyl adjacent to an activating group) is 1. The molecule has 0 saturated carbocycles. The molecule has 28 heavy (non-hydrogen) atoms. The zero-order valence-corrected chi connectivity index (χ0v) is 16.5. The Labute approximate surface area is 165 Å². The van der Waals surface area contributed by atoms with E-state index in [0.717, 1.165) is 5.56 Å². The number of ether oxygens (including phenoxy) is 1. The Morgan fingerprint density at radius 2 is 1.79 bits per heavy atom. The van der Waals surface area contributed by atoms with Crippen LogP contribution in [0.2, 0.25) is 0 Å². The fourth-order valence-electron chi connectivity index (χ4n) is 2.28. The lowest BCUT2D eigenvalue weighted by Gasteiger charge is -2.19. The Balaban J connectivity index is 1.95. The SMILES string of the molecule is CC(CNC(=NCc1ccccc1)NCC(=O)N(C)C)Oc1ccccc1F. The van der Waals surface area contributed by atoms with Crippen LogP contribution in [0.25, 0.3) is 0 Å². The van der Waals surface area contributed by atoms with Crippen LogP contribution in [-0.2, 0) is 11.3 Å². The Kier molecular flexibility index (Phi) is 8.27. The van der Waals surface area contributed by atoms with Crippen LogP contribution in [-0.4, -0.2) is 50.1 Å². The van der Waals surface area contributed by atoms with E-state index in [4.69, 9.17) is 4.74 Å². The normalized spacial score (nSPS) is 12.2. The Morgan fingerprint density at radius 1 is 1.11 bits per heavy atom. The van der Waals surface area contributed by atoms with Gasteiger partial charge in [0, 0.05) is 14.1 Å². The first-order valence-corrected chi connectivity index (χ1v) is 9.13. The standard InChI is InChI=1S/C21H27FN4O2/c1-16(28-19-12-8-7-11-18(19)22)13-23-21(25-15-20(27)26(2)3)24-14-17-9-5-4-6-10-17/h4-12,16H,13-15H2,1-3H3,(H2,23,24,25). The number of para-hydroxylation sites is 1. The van der Waals surface area contributed by atoms with Gasteiger partial charge in [-0.2, -0.15) is 0 Å². The van der Waals surface area contributed by atoms with Crippen LogP contribution in [0.4, 0.5) is 4.39 Å². The highest BCUT2D eigenvalue weighted by Gasteiger charge is 2.10. The molecular weight excluding hydrogens is 359 g/mol. The second kappa shape index (κ2) is 10.9. The molecule has 150 valence electrons. The van der Waals surface area contributed by atoms with Crippen LogP contribution in [0.3, 0.4) is 0 Å². The van der Waals surface area contributed by atoms with Crippen LogP contribution < -0.4 is 15.4 Å². The molecule has 0 aromatic heterocycles. The van der Waals surface area contributed by atoms with Gasteiger partial charge in [0.1, 0.15) is 6.10 Å². The van der Waals surface area contributed by atoms with E-state index in [1.165, 1.54) is 11.0 Å². The number of aliphatic imine (C=N–C) groups is 1. The molecule has 0 aliphatic carbocycles. The molecule has 0 saturated heterocycles. The van der Waals surface area contributed by atoms with E-state index in [2.05, 4.69) is 15.6 Å². The lowest BCUT2D eigenvalue weighted by Crippen LogP contribution is -2.45. The molecule has 2 aromatic carbocycles. The van der Waals surface area contributed by atoms with Gasteiger partial charge >= 0.3 is 0 Å². The highest BCUT2D eigenvalue weighted by atomic mass is 19.1. The molecule has 2 aromatic rings. The number of guanidine groups is 1. The van der Waals surface area contributed by atoms with E-state index >= 15 is 0 Å². The summed E-state index contributed by atoms with van der Waals surface area (Å²) in [6.07, 6.45) is -0.301. The van der Waals surface area contributed by atoms with Gasteiger partial charge in [-0.25, -0.2) is 9.38 Å². The summed E-state index contributed by atoms with van der Waals surface area (Å²) >= 11 is 0. The molecule has 2 N–H and O–H groups in total. The number of hydrogen-bond donors (Lipinski definition) is 2. The Morgan fingerprint density at radius 3 is 2.46 bits per heavy atom. The third-order valence-electron chi connectivity index (χ3n) is 3.89. The van der Waals surface area contributed by atoms with E-state index in [0.29, 0.717) is 19.0 Å². The summed E-state index contributed by atoms with van der Waals surface area (Å²) in [4.78, 5) is 17.9. The first kappa shape index (κ1) is 21.2. The zero-order chi connectivity index (χ0) is 20.4. The van der Waals surface area contributed by atoms with E-state index in [1.54, 1.807) is 32.3 Å². The Hall–Kier alpha value is -3.09.